The highest BCUT2D eigenvalue weighted by atomic mass is 16.5. The van der Waals surface area contributed by atoms with Gasteiger partial charge in [0.2, 0.25) is 11.6 Å². The van der Waals surface area contributed by atoms with Crippen molar-refractivity contribution >= 4 is 23.2 Å². The van der Waals surface area contributed by atoms with Gasteiger partial charge >= 0.3 is 0 Å². The number of aromatic hydroxyl groups is 1. The molecule has 0 bridgehead atoms. The number of phenols is 1. The third kappa shape index (κ3) is 5.87. The smallest absolute Gasteiger partial charge is 0.257 e. The van der Waals surface area contributed by atoms with E-state index in [0.29, 0.717) is 0 Å². The molecule has 3 N–H and O–H groups in total. The standard InChI is InChI=1S/C28H37N3O5/c1-27(2,3)25(16-12-14-17(15-13-16)36-28(4,5)6)30-21-20(23(33)24(21)34)29-19-11-9-10-18(22(19)32)26(35)31(7)8/h9-15,20-21,25,29-30,32H,1-8H3. The molecule has 1 amide bonds. The van der Waals surface area contributed by atoms with Gasteiger partial charge in [0.25, 0.3) is 5.91 Å². The van der Waals surface area contributed by atoms with Crippen LogP contribution in [0.5, 0.6) is 11.5 Å². The zero-order chi connectivity index (χ0) is 27.0. The zero-order valence-corrected chi connectivity index (χ0v) is 22.3. The van der Waals surface area contributed by atoms with Crippen molar-refractivity contribution in [3.05, 3.63) is 53.6 Å². The Bertz CT molecular complexity index is 1140. The Labute approximate surface area is 213 Å². The Hall–Kier alpha value is -3.39. The van der Waals surface area contributed by atoms with E-state index in [0.717, 1.165) is 11.3 Å². The molecule has 2 aromatic rings. The summed E-state index contributed by atoms with van der Waals surface area (Å²) in [6.07, 6.45) is 0. The average Bonchev–Trinajstić information content (AvgIpc) is 2.77. The maximum atomic E-state index is 12.6. The molecular formula is C28H37N3O5. The molecule has 1 aliphatic carbocycles. The third-order valence-corrected chi connectivity index (χ3v) is 5.97. The van der Waals surface area contributed by atoms with E-state index in [2.05, 4.69) is 31.4 Å². The Morgan fingerprint density at radius 3 is 2.06 bits per heavy atom. The van der Waals surface area contributed by atoms with Crippen LogP contribution in [0, 0.1) is 5.41 Å². The van der Waals surface area contributed by atoms with Crippen LogP contribution in [0.3, 0.4) is 0 Å². The summed E-state index contributed by atoms with van der Waals surface area (Å²) in [4.78, 5) is 38.9. The van der Waals surface area contributed by atoms with Crippen molar-refractivity contribution in [1.82, 2.24) is 10.2 Å². The number of amides is 1. The Morgan fingerprint density at radius 2 is 1.53 bits per heavy atom. The van der Waals surface area contributed by atoms with E-state index >= 15 is 0 Å². The highest BCUT2D eigenvalue weighted by Crippen LogP contribution is 2.37. The lowest BCUT2D eigenvalue weighted by molar-refractivity contribution is -0.146. The number of benzene rings is 2. The number of Topliss-reactive ketones (excluding diaryl/α,β-unsaturated/α-hetero) is 2. The van der Waals surface area contributed by atoms with Gasteiger partial charge in [0.15, 0.2) is 5.75 Å². The monoisotopic (exact) mass is 495 g/mol. The molecule has 194 valence electrons. The molecule has 3 atom stereocenters. The molecule has 0 saturated heterocycles. The van der Waals surface area contributed by atoms with Crippen molar-refractivity contribution in [3.8, 4) is 11.5 Å². The predicted octanol–water partition coefficient (Wildman–Crippen LogP) is 3.95. The van der Waals surface area contributed by atoms with Crippen molar-refractivity contribution < 1.29 is 24.2 Å². The Morgan fingerprint density at radius 1 is 0.944 bits per heavy atom. The summed E-state index contributed by atoms with van der Waals surface area (Å²) in [6.45, 7) is 12.1. The maximum Gasteiger partial charge on any atom is 0.257 e. The highest BCUT2D eigenvalue weighted by molar-refractivity contribution is 6.49. The normalized spacial score (nSPS) is 18.9. The van der Waals surface area contributed by atoms with E-state index in [1.807, 2.05) is 45.0 Å². The Kier molecular flexibility index (Phi) is 7.50. The van der Waals surface area contributed by atoms with E-state index in [1.165, 1.54) is 11.0 Å². The van der Waals surface area contributed by atoms with Crippen LogP contribution in [0.25, 0.3) is 0 Å². The highest BCUT2D eigenvalue weighted by Gasteiger charge is 2.51. The molecule has 36 heavy (non-hydrogen) atoms. The summed E-state index contributed by atoms with van der Waals surface area (Å²) in [5.41, 5.74) is 0.682. The van der Waals surface area contributed by atoms with Gasteiger partial charge in [0.1, 0.15) is 23.4 Å². The molecule has 2 aromatic carbocycles. The number of hydrogen-bond donors (Lipinski definition) is 3. The SMILES string of the molecule is CN(C)C(=O)c1cccc(NC2C(=O)C(=O)C2NC(c2ccc(OC(C)(C)C)cc2)C(C)(C)C)c1O. The van der Waals surface area contributed by atoms with Gasteiger partial charge in [-0.15, -0.1) is 0 Å². The second-order valence-corrected chi connectivity index (χ2v) is 11.5. The average molecular weight is 496 g/mol. The van der Waals surface area contributed by atoms with Crippen molar-refractivity contribution in [2.75, 3.05) is 19.4 Å². The van der Waals surface area contributed by atoms with Crippen LogP contribution >= 0.6 is 0 Å². The van der Waals surface area contributed by atoms with Crippen molar-refractivity contribution in [2.24, 2.45) is 5.41 Å². The number of nitrogens with zero attached hydrogens (tertiary/aromatic N) is 1. The van der Waals surface area contributed by atoms with Crippen molar-refractivity contribution in [3.63, 3.8) is 0 Å². The number of ketones is 2. The van der Waals surface area contributed by atoms with Crippen LogP contribution in [0.1, 0.15) is 63.5 Å². The van der Waals surface area contributed by atoms with Gasteiger partial charge in [-0.25, -0.2) is 0 Å². The summed E-state index contributed by atoms with van der Waals surface area (Å²) < 4.78 is 5.92. The lowest BCUT2D eigenvalue weighted by atomic mass is 9.77. The van der Waals surface area contributed by atoms with E-state index in [9.17, 15) is 19.5 Å². The lowest BCUT2D eigenvalue weighted by Gasteiger charge is -2.41. The number of carbonyl (C=O) groups excluding carboxylic acids is 3. The molecule has 3 unspecified atom stereocenters. The molecule has 8 nitrogen and oxygen atoms in total. The number of ether oxygens (including phenoxy) is 1. The minimum atomic E-state index is -0.874. The maximum absolute atomic E-state index is 12.6. The number of para-hydroxylation sites is 1. The lowest BCUT2D eigenvalue weighted by Crippen LogP contribution is -2.68. The van der Waals surface area contributed by atoms with Crippen molar-refractivity contribution in [1.29, 1.82) is 0 Å². The number of anilines is 1. The number of rotatable bonds is 7. The number of nitrogens with one attached hydrogen (secondary N) is 2. The summed E-state index contributed by atoms with van der Waals surface area (Å²) in [5.74, 6) is -0.972. The first-order chi connectivity index (χ1) is 16.6. The van der Waals surface area contributed by atoms with Gasteiger partial charge in [0, 0.05) is 20.1 Å². The van der Waals surface area contributed by atoms with Gasteiger partial charge in [-0.2, -0.15) is 0 Å². The molecule has 0 spiro atoms. The summed E-state index contributed by atoms with van der Waals surface area (Å²) in [5, 5.41) is 17.0. The molecule has 8 heteroatoms. The molecule has 1 saturated carbocycles. The molecule has 0 aromatic heterocycles. The number of phenolic OH excluding ortho intramolecular Hbond substituents is 1. The van der Waals surface area contributed by atoms with E-state index in [-0.39, 0.29) is 40.0 Å². The minimum absolute atomic E-state index is 0.109. The topological polar surface area (TPSA) is 108 Å². The first-order valence-corrected chi connectivity index (χ1v) is 12.0. The molecule has 1 fully saturated rings. The molecule has 0 aliphatic heterocycles. The molecule has 0 radical (unpaired) electrons. The molecule has 3 rings (SSSR count). The van der Waals surface area contributed by atoms with E-state index in [1.54, 1.807) is 26.2 Å². The van der Waals surface area contributed by atoms with Gasteiger partial charge in [-0.1, -0.05) is 39.0 Å². The van der Waals surface area contributed by atoms with Gasteiger partial charge in [-0.05, 0) is 56.0 Å². The van der Waals surface area contributed by atoms with Gasteiger partial charge < -0.3 is 20.1 Å². The summed E-state index contributed by atoms with van der Waals surface area (Å²) >= 11 is 0. The first kappa shape index (κ1) is 27.2. The van der Waals surface area contributed by atoms with E-state index < -0.39 is 23.7 Å². The van der Waals surface area contributed by atoms with Crippen LogP contribution in [0.4, 0.5) is 5.69 Å². The first-order valence-electron chi connectivity index (χ1n) is 12.0. The van der Waals surface area contributed by atoms with Crippen LogP contribution < -0.4 is 15.4 Å². The van der Waals surface area contributed by atoms with Gasteiger partial charge in [0.05, 0.1) is 11.3 Å². The predicted molar refractivity (Wildman–Crippen MR) is 139 cm³/mol. The molecular weight excluding hydrogens is 458 g/mol. The number of hydrogen-bond acceptors (Lipinski definition) is 7. The largest absolute Gasteiger partial charge is 0.505 e. The third-order valence-electron chi connectivity index (χ3n) is 5.97. The minimum Gasteiger partial charge on any atom is -0.505 e. The second-order valence-electron chi connectivity index (χ2n) is 11.5. The summed E-state index contributed by atoms with van der Waals surface area (Å²) in [6, 6.07) is 10.5. The van der Waals surface area contributed by atoms with Crippen LogP contribution in [0.2, 0.25) is 0 Å². The van der Waals surface area contributed by atoms with Crippen LogP contribution in [0.15, 0.2) is 42.5 Å². The number of carbonyl (C=O) groups is 3. The fourth-order valence-corrected chi connectivity index (χ4v) is 4.18. The van der Waals surface area contributed by atoms with Crippen LogP contribution in [-0.4, -0.2) is 59.3 Å². The zero-order valence-electron chi connectivity index (χ0n) is 22.3. The quantitative estimate of drug-likeness (QED) is 0.394. The summed E-state index contributed by atoms with van der Waals surface area (Å²) in [7, 11) is 3.18. The van der Waals surface area contributed by atoms with E-state index in [4.69, 9.17) is 4.74 Å². The fraction of sp³-hybridized carbons (Fsp3) is 0.464. The van der Waals surface area contributed by atoms with Gasteiger partial charge in [-0.3, -0.25) is 19.7 Å². The van der Waals surface area contributed by atoms with Crippen molar-refractivity contribution in [2.45, 2.75) is 65.3 Å². The fourth-order valence-electron chi connectivity index (χ4n) is 4.18. The molecule has 0 heterocycles. The molecule has 1 aliphatic rings. The Balaban J connectivity index is 1.84. The second kappa shape index (κ2) is 9.93. The van der Waals surface area contributed by atoms with Crippen LogP contribution in [-0.2, 0) is 9.59 Å².